The monoisotopic (exact) mass is 367 g/mol. The van der Waals surface area contributed by atoms with Crippen molar-refractivity contribution >= 4 is 21.7 Å². The number of aliphatic carboxylic acids is 1. The molecule has 0 aromatic heterocycles. The molecule has 0 saturated heterocycles. The highest BCUT2D eigenvalue weighted by Crippen LogP contribution is 2.22. The first-order valence-electron chi connectivity index (χ1n) is 6.79. The van der Waals surface area contributed by atoms with Gasteiger partial charge in [-0.25, -0.2) is 13.2 Å². The van der Waals surface area contributed by atoms with Crippen LogP contribution in [0.4, 0.5) is 13.2 Å². The molecule has 0 aliphatic heterocycles. The third-order valence-corrected chi connectivity index (χ3v) is 5.28. The van der Waals surface area contributed by atoms with Crippen LogP contribution >= 0.6 is 0 Å². The van der Waals surface area contributed by atoms with E-state index >= 15 is 0 Å². The molecule has 0 aliphatic rings. The Morgan fingerprint density at radius 2 is 1.67 bits per heavy atom. The second-order valence-electron chi connectivity index (χ2n) is 5.30. The molecule has 1 amide bonds. The van der Waals surface area contributed by atoms with Crippen LogP contribution in [-0.4, -0.2) is 42.9 Å². The van der Waals surface area contributed by atoms with Gasteiger partial charge in [-0.1, -0.05) is 0 Å². The zero-order chi connectivity index (χ0) is 18.7. The fourth-order valence-corrected chi connectivity index (χ4v) is 2.80. The van der Waals surface area contributed by atoms with Gasteiger partial charge < -0.3 is 10.4 Å². The molecule has 1 rings (SSSR count). The Hall–Kier alpha value is -2.10. The molecule has 0 spiro atoms. The van der Waals surface area contributed by atoms with E-state index in [-0.39, 0.29) is 10.5 Å². The van der Waals surface area contributed by atoms with E-state index in [9.17, 15) is 31.2 Å². The van der Waals surface area contributed by atoms with Crippen LogP contribution in [0.3, 0.4) is 0 Å². The Balaban J connectivity index is 2.94. The molecule has 24 heavy (non-hydrogen) atoms. The van der Waals surface area contributed by atoms with Crippen molar-refractivity contribution < 1.29 is 36.3 Å². The summed E-state index contributed by atoms with van der Waals surface area (Å²) in [6.07, 6.45) is -6.47. The standard InChI is InChI=1S/C14H16F3NO5S/c1-8(2)24(22,23)10-5-3-9(4-6-10)12(19)18-11(13(20)21)7-14(15,16)17/h3-6,8,11H,7H2,1-2H3,(H,18,19)(H,20,21). The molecule has 1 atom stereocenters. The molecule has 0 bridgehead atoms. The molecular formula is C14H16F3NO5S. The molecule has 2 N–H and O–H groups in total. The molecule has 1 aromatic rings. The van der Waals surface area contributed by atoms with Crippen LogP contribution in [0.15, 0.2) is 29.2 Å². The molecule has 134 valence electrons. The molecule has 0 radical (unpaired) electrons. The van der Waals surface area contributed by atoms with E-state index in [0.717, 1.165) is 24.3 Å². The predicted octanol–water partition coefficient (Wildman–Crippen LogP) is 2.00. The van der Waals surface area contributed by atoms with Gasteiger partial charge in [0.1, 0.15) is 6.04 Å². The van der Waals surface area contributed by atoms with Crippen LogP contribution < -0.4 is 5.32 Å². The van der Waals surface area contributed by atoms with Crippen molar-refractivity contribution in [3.8, 4) is 0 Å². The summed E-state index contributed by atoms with van der Waals surface area (Å²) in [7, 11) is -3.55. The number of carbonyl (C=O) groups excluding carboxylic acids is 1. The number of hydrogen-bond acceptors (Lipinski definition) is 4. The van der Waals surface area contributed by atoms with Gasteiger partial charge in [-0.3, -0.25) is 4.79 Å². The summed E-state index contributed by atoms with van der Waals surface area (Å²) in [4.78, 5) is 22.6. The summed E-state index contributed by atoms with van der Waals surface area (Å²) >= 11 is 0. The van der Waals surface area contributed by atoms with Crippen molar-refractivity contribution in [2.24, 2.45) is 0 Å². The number of benzene rings is 1. The van der Waals surface area contributed by atoms with Crippen LogP contribution in [0, 0.1) is 0 Å². The molecular weight excluding hydrogens is 351 g/mol. The summed E-state index contributed by atoms with van der Waals surface area (Å²) in [6, 6.07) is 2.37. The fraction of sp³-hybridized carbons (Fsp3) is 0.429. The first-order chi connectivity index (χ1) is 10.8. The number of carboxylic acid groups (broad SMARTS) is 1. The predicted molar refractivity (Wildman–Crippen MR) is 78.3 cm³/mol. The summed E-state index contributed by atoms with van der Waals surface area (Å²) in [5.41, 5.74) is -0.147. The highest BCUT2D eigenvalue weighted by molar-refractivity contribution is 7.92. The third kappa shape index (κ3) is 5.22. The van der Waals surface area contributed by atoms with Crippen LogP contribution in [0.1, 0.15) is 30.6 Å². The number of sulfone groups is 1. The van der Waals surface area contributed by atoms with E-state index in [1.165, 1.54) is 13.8 Å². The van der Waals surface area contributed by atoms with Gasteiger partial charge in [0.2, 0.25) is 0 Å². The van der Waals surface area contributed by atoms with E-state index in [1.807, 2.05) is 0 Å². The van der Waals surface area contributed by atoms with Crippen molar-refractivity contribution in [2.75, 3.05) is 0 Å². The maximum absolute atomic E-state index is 12.3. The fourth-order valence-electron chi connectivity index (χ4n) is 1.74. The largest absolute Gasteiger partial charge is 0.480 e. The molecule has 1 unspecified atom stereocenters. The minimum Gasteiger partial charge on any atom is -0.480 e. The first kappa shape index (κ1) is 19.9. The van der Waals surface area contributed by atoms with Gasteiger partial charge in [0.15, 0.2) is 9.84 Å². The molecule has 0 saturated carbocycles. The van der Waals surface area contributed by atoms with Crippen LogP contribution in [0.2, 0.25) is 0 Å². The highest BCUT2D eigenvalue weighted by atomic mass is 32.2. The zero-order valence-corrected chi connectivity index (χ0v) is 13.6. The first-order valence-corrected chi connectivity index (χ1v) is 8.33. The number of rotatable bonds is 6. The number of nitrogens with one attached hydrogen (secondary N) is 1. The van der Waals surface area contributed by atoms with E-state index in [4.69, 9.17) is 5.11 Å². The van der Waals surface area contributed by atoms with Crippen molar-refractivity contribution in [2.45, 2.75) is 42.6 Å². The number of hydrogen-bond donors (Lipinski definition) is 2. The number of amides is 1. The second kappa shape index (κ2) is 7.20. The third-order valence-electron chi connectivity index (χ3n) is 3.10. The summed E-state index contributed by atoms with van der Waals surface area (Å²) in [5.74, 6) is -2.86. The minimum absolute atomic E-state index is 0.0425. The lowest BCUT2D eigenvalue weighted by atomic mass is 10.1. The Morgan fingerprint density at radius 3 is 2.04 bits per heavy atom. The van der Waals surface area contributed by atoms with E-state index in [0.29, 0.717) is 0 Å². The normalized spacial score (nSPS) is 13.6. The van der Waals surface area contributed by atoms with Gasteiger partial charge in [0, 0.05) is 5.56 Å². The number of carbonyl (C=O) groups is 2. The van der Waals surface area contributed by atoms with Gasteiger partial charge in [0.05, 0.1) is 16.6 Å². The van der Waals surface area contributed by atoms with E-state index in [2.05, 4.69) is 0 Å². The molecule has 1 aromatic carbocycles. The summed E-state index contributed by atoms with van der Waals surface area (Å²) in [6.45, 7) is 2.95. The van der Waals surface area contributed by atoms with Crippen LogP contribution in [-0.2, 0) is 14.6 Å². The quantitative estimate of drug-likeness (QED) is 0.801. The average molecular weight is 367 g/mol. The Morgan fingerprint density at radius 1 is 1.17 bits per heavy atom. The van der Waals surface area contributed by atoms with Crippen molar-refractivity contribution in [1.82, 2.24) is 5.32 Å². The van der Waals surface area contributed by atoms with Gasteiger partial charge in [-0.15, -0.1) is 0 Å². The topological polar surface area (TPSA) is 101 Å². The SMILES string of the molecule is CC(C)S(=O)(=O)c1ccc(C(=O)NC(CC(F)(F)F)C(=O)O)cc1. The highest BCUT2D eigenvalue weighted by Gasteiger charge is 2.36. The van der Waals surface area contributed by atoms with Crippen molar-refractivity contribution in [1.29, 1.82) is 0 Å². The molecule has 0 aliphatic carbocycles. The Kier molecular flexibility index (Phi) is 5.99. The maximum atomic E-state index is 12.3. The lowest BCUT2D eigenvalue weighted by Gasteiger charge is -2.16. The number of carboxylic acids is 1. The van der Waals surface area contributed by atoms with Gasteiger partial charge in [-0.2, -0.15) is 13.2 Å². The second-order valence-corrected chi connectivity index (χ2v) is 7.81. The zero-order valence-electron chi connectivity index (χ0n) is 12.8. The van der Waals surface area contributed by atoms with E-state index in [1.54, 1.807) is 5.32 Å². The Labute approximate surface area is 136 Å². The average Bonchev–Trinajstić information content (AvgIpc) is 2.44. The molecule has 0 fully saturated rings. The molecule has 10 heteroatoms. The summed E-state index contributed by atoms with van der Waals surface area (Å²) < 4.78 is 60.8. The molecule has 6 nitrogen and oxygen atoms in total. The van der Waals surface area contributed by atoms with Crippen LogP contribution in [0.25, 0.3) is 0 Å². The number of halogens is 3. The van der Waals surface area contributed by atoms with E-state index < -0.39 is 45.6 Å². The smallest absolute Gasteiger partial charge is 0.391 e. The van der Waals surface area contributed by atoms with Crippen molar-refractivity contribution in [3.05, 3.63) is 29.8 Å². The lowest BCUT2D eigenvalue weighted by molar-refractivity contribution is -0.157. The summed E-state index contributed by atoms with van der Waals surface area (Å²) in [5, 5.41) is 9.83. The number of alkyl halides is 3. The Bertz CT molecular complexity index is 711. The van der Waals surface area contributed by atoms with Crippen molar-refractivity contribution in [3.63, 3.8) is 0 Å². The maximum Gasteiger partial charge on any atom is 0.391 e. The van der Waals surface area contributed by atoms with Gasteiger partial charge >= 0.3 is 12.1 Å². The minimum atomic E-state index is -4.76. The van der Waals surface area contributed by atoms with Gasteiger partial charge in [-0.05, 0) is 38.1 Å². The van der Waals surface area contributed by atoms with Crippen LogP contribution in [0.5, 0.6) is 0 Å². The lowest BCUT2D eigenvalue weighted by Crippen LogP contribution is -2.43. The van der Waals surface area contributed by atoms with Gasteiger partial charge in [0.25, 0.3) is 5.91 Å². The molecule has 0 heterocycles.